The van der Waals surface area contributed by atoms with Gasteiger partial charge in [0.15, 0.2) is 11.5 Å². The van der Waals surface area contributed by atoms with Crippen molar-refractivity contribution in [1.29, 1.82) is 0 Å². The average Bonchev–Trinajstić information content (AvgIpc) is 2.44. The van der Waals surface area contributed by atoms with Crippen LogP contribution in [-0.4, -0.2) is 39.5 Å². The van der Waals surface area contributed by atoms with Gasteiger partial charge in [0, 0.05) is 18.7 Å². The second-order valence-electron chi connectivity index (χ2n) is 5.38. The molecule has 0 spiro atoms. The maximum atomic E-state index is 12.3. The summed E-state index contributed by atoms with van der Waals surface area (Å²) in [6.07, 6.45) is 0. The highest BCUT2D eigenvalue weighted by Crippen LogP contribution is 2.33. The van der Waals surface area contributed by atoms with Gasteiger partial charge < -0.3 is 14.8 Å². The molecule has 6 nitrogen and oxygen atoms in total. The molecule has 0 aromatic heterocycles. The molecule has 2 rings (SSSR count). The summed E-state index contributed by atoms with van der Waals surface area (Å²) in [6.45, 7) is 7.02. The van der Waals surface area contributed by atoms with Gasteiger partial charge in [-0.05, 0) is 19.1 Å². The van der Waals surface area contributed by atoms with E-state index in [1.165, 1.54) is 0 Å². The molecule has 118 valence electrons. The molecular formula is C14H22N2O4S. The molecule has 0 bridgehead atoms. The molecule has 1 aliphatic heterocycles. The van der Waals surface area contributed by atoms with Crippen LogP contribution in [0.3, 0.4) is 0 Å². The number of anilines is 1. The molecule has 0 saturated heterocycles. The summed E-state index contributed by atoms with van der Waals surface area (Å²) in [5.74, 6) is 1.20. The van der Waals surface area contributed by atoms with Crippen molar-refractivity contribution in [3.8, 4) is 11.5 Å². The molecule has 0 radical (unpaired) electrons. The second kappa shape index (κ2) is 6.53. The van der Waals surface area contributed by atoms with Gasteiger partial charge in [0.2, 0.25) is 10.0 Å². The van der Waals surface area contributed by atoms with Gasteiger partial charge in [-0.3, -0.25) is 4.72 Å². The lowest BCUT2D eigenvalue weighted by molar-refractivity contribution is 0.171. The Bertz CT molecular complexity index is 587. The number of nitrogens with one attached hydrogen (secondary N) is 2. The lowest BCUT2D eigenvalue weighted by Gasteiger charge is -2.20. The predicted octanol–water partition coefficient (Wildman–Crippen LogP) is 1.59. The first kappa shape index (κ1) is 15.9. The van der Waals surface area contributed by atoms with Crippen molar-refractivity contribution in [1.82, 2.24) is 5.32 Å². The summed E-state index contributed by atoms with van der Waals surface area (Å²) in [7, 11) is -3.44. The average molecular weight is 314 g/mol. The normalized spacial score (nSPS) is 15.8. The van der Waals surface area contributed by atoms with Crippen LogP contribution in [0.5, 0.6) is 11.5 Å². The van der Waals surface area contributed by atoms with Crippen molar-refractivity contribution < 1.29 is 17.9 Å². The monoisotopic (exact) mass is 314 g/mol. The predicted molar refractivity (Wildman–Crippen MR) is 82.6 cm³/mol. The number of benzene rings is 1. The zero-order valence-corrected chi connectivity index (χ0v) is 13.4. The van der Waals surface area contributed by atoms with Crippen LogP contribution in [0.25, 0.3) is 0 Å². The summed E-state index contributed by atoms with van der Waals surface area (Å²) in [5.41, 5.74) is 0.482. The van der Waals surface area contributed by atoms with E-state index in [9.17, 15) is 8.42 Å². The van der Waals surface area contributed by atoms with Crippen LogP contribution in [-0.2, 0) is 10.0 Å². The molecule has 1 aliphatic rings. The van der Waals surface area contributed by atoms with Crippen molar-refractivity contribution in [3.05, 3.63) is 18.2 Å². The fourth-order valence-electron chi connectivity index (χ4n) is 1.88. The third-order valence-electron chi connectivity index (χ3n) is 3.15. The Morgan fingerprint density at radius 1 is 1.14 bits per heavy atom. The Kier molecular flexibility index (Phi) is 4.95. The highest BCUT2D eigenvalue weighted by molar-refractivity contribution is 7.93. The Morgan fingerprint density at radius 3 is 2.48 bits per heavy atom. The molecule has 1 heterocycles. The first-order valence-corrected chi connectivity index (χ1v) is 8.58. The Hall–Kier alpha value is -1.47. The SMILES string of the molecule is CC(C)NCC(C)S(=O)(=O)Nc1ccc2c(c1)OCCO2. The third kappa shape index (κ3) is 4.25. The first-order valence-electron chi connectivity index (χ1n) is 7.03. The van der Waals surface area contributed by atoms with Crippen molar-refractivity contribution >= 4 is 15.7 Å². The van der Waals surface area contributed by atoms with Crippen LogP contribution in [0.15, 0.2) is 18.2 Å². The highest BCUT2D eigenvalue weighted by Gasteiger charge is 2.21. The van der Waals surface area contributed by atoms with E-state index in [2.05, 4.69) is 10.0 Å². The van der Waals surface area contributed by atoms with Gasteiger partial charge in [-0.2, -0.15) is 0 Å². The van der Waals surface area contributed by atoms with Crippen LogP contribution < -0.4 is 19.5 Å². The van der Waals surface area contributed by atoms with Crippen LogP contribution in [0.4, 0.5) is 5.69 Å². The largest absolute Gasteiger partial charge is 0.486 e. The van der Waals surface area contributed by atoms with Crippen LogP contribution >= 0.6 is 0 Å². The molecule has 0 fully saturated rings. The van der Waals surface area contributed by atoms with Gasteiger partial charge in [0.25, 0.3) is 0 Å². The van der Waals surface area contributed by atoms with E-state index >= 15 is 0 Å². The van der Waals surface area contributed by atoms with E-state index < -0.39 is 15.3 Å². The maximum absolute atomic E-state index is 12.3. The molecule has 1 aromatic rings. The van der Waals surface area contributed by atoms with Gasteiger partial charge in [-0.25, -0.2) is 8.42 Å². The highest BCUT2D eigenvalue weighted by atomic mass is 32.2. The molecule has 1 unspecified atom stereocenters. The molecule has 0 saturated carbocycles. The van der Waals surface area contributed by atoms with E-state index in [0.29, 0.717) is 36.9 Å². The number of sulfonamides is 1. The summed E-state index contributed by atoms with van der Waals surface area (Å²) in [5, 5.41) is 2.59. The summed E-state index contributed by atoms with van der Waals surface area (Å²) in [6, 6.07) is 5.28. The van der Waals surface area contributed by atoms with E-state index in [4.69, 9.17) is 9.47 Å². The standard InChI is InChI=1S/C14H22N2O4S/c1-10(2)15-9-11(3)21(17,18)16-12-4-5-13-14(8-12)20-7-6-19-13/h4-5,8,10-11,15-16H,6-7,9H2,1-3H3. The minimum absolute atomic E-state index is 0.247. The number of rotatable bonds is 6. The van der Waals surface area contributed by atoms with Gasteiger partial charge in [0.1, 0.15) is 13.2 Å². The van der Waals surface area contributed by atoms with E-state index in [0.717, 1.165) is 0 Å². The van der Waals surface area contributed by atoms with Crippen molar-refractivity contribution in [2.45, 2.75) is 32.1 Å². The number of fused-ring (bicyclic) bond motifs is 1. The molecule has 21 heavy (non-hydrogen) atoms. The molecule has 2 N–H and O–H groups in total. The van der Waals surface area contributed by atoms with Crippen molar-refractivity contribution in [2.24, 2.45) is 0 Å². The van der Waals surface area contributed by atoms with Crippen LogP contribution in [0, 0.1) is 0 Å². The molecule has 1 aromatic carbocycles. The summed E-state index contributed by atoms with van der Waals surface area (Å²) in [4.78, 5) is 0. The lowest BCUT2D eigenvalue weighted by Crippen LogP contribution is -2.37. The van der Waals surface area contributed by atoms with Gasteiger partial charge in [-0.1, -0.05) is 13.8 Å². The fourth-order valence-corrected chi connectivity index (χ4v) is 2.86. The zero-order valence-electron chi connectivity index (χ0n) is 12.5. The van der Waals surface area contributed by atoms with E-state index in [-0.39, 0.29) is 6.04 Å². The quantitative estimate of drug-likeness (QED) is 0.834. The van der Waals surface area contributed by atoms with Gasteiger partial charge in [0.05, 0.1) is 10.9 Å². The minimum Gasteiger partial charge on any atom is -0.486 e. The Labute approximate surface area is 125 Å². The molecule has 0 aliphatic carbocycles. The fraction of sp³-hybridized carbons (Fsp3) is 0.571. The molecule has 7 heteroatoms. The summed E-state index contributed by atoms with van der Waals surface area (Å²) < 4.78 is 38.0. The second-order valence-corrected chi connectivity index (χ2v) is 7.48. The van der Waals surface area contributed by atoms with Crippen LogP contribution in [0.1, 0.15) is 20.8 Å². The smallest absolute Gasteiger partial charge is 0.236 e. The van der Waals surface area contributed by atoms with Crippen LogP contribution in [0.2, 0.25) is 0 Å². The number of hydrogen-bond acceptors (Lipinski definition) is 5. The van der Waals surface area contributed by atoms with Crippen molar-refractivity contribution in [3.63, 3.8) is 0 Å². The van der Waals surface area contributed by atoms with Gasteiger partial charge in [-0.15, -0.1) is 0 Å². The Morgan fingerprint density at radius 2 is 1.81 bits per heavy atom. The zero-order chi connectivity index (χ0) is 15.5. The number of ether oxygens (including phenoxy) is 2. The minimum atomic E-state index is -3.44. The Balaban J connectivity index is 2.06. The maximum Gasteiger partial charge on any atom is 0.236 e. The topological polar surface area (TPSA) is 76.7 Å². The van der Waals surface area contributed by atoms with E-state index in [1.54, 1.807) is 25.1 Å². The lowest BCUT2D eigenvalue weighted by atomic mass is 10.3. The molecule has 0 amide bonds. The third-order valence-corrected chi connectivity index (χ3v) is 4.89. The van der Waals surface area contributed by atoms with Crippen molar-refractivity contribution in [2.75, 3.05) is 24.5 Å². The van der Waals surface area contributed by atoms with E-state index in [1.807, 2.05) is 13.8 Å². The number of hydrogen-bond donors (Lipinski definition) is 2. The van der Waals surface area contributed by atoms with Gasteiger partial charge >= 0.3 is 0 Å². The summed E-state index contributed by atoms with van der Waals surface area (Å²) >= 11 is 0. The molecular weight excluding hydrogens is 292 g/mol. The molecule has 1 atom stereocenters. The first-order chi connectivity index (χ1) is 9.88.